The third kappa shape index (κ3) is 3.62. The number of piperidine rings is 1. The SMILES string of the molecule is Cc1noc(C)c1S(=O)(=O)N1CCCC(S(=O)(=O)Nc2ccccc2)C1. The van der Waals surface area contributed by atoms with E-state index < -0.39 is 25.3 Å². The molecule has 0 radical (unpaired) electrons. The molecule has 0 spiro atoms. The van der Waals surface area contributed by atoms with E-state index in [-0.39, 0.29) is 29.4 Å². The van der Waals surface area contributed by atoms with Crippen LogP contribution in [0, 0.1) is 13.8 Å². The van der Waals surface area contributed by atoms with Gasteiger partial charge in [0.05, 0.1) is 5.25 Å². The maximum atomic E-state index is 12.9. The van der Waals surface area contributed by atoms with E-state index in [2.05, 4.69) is 9.88 Å². The zero-order valence-corrected chi connectivity index (χ0v) is 16.2. The number of benzene rings is 1. The van der Waals surface area contributed by atoms with Crippen molar-refractivity contribution in [2.45, 2.75) is 36.8 Å². The van der Waals surface area contributed by atoms with Crippen LogP contribution in [0.25, 0.3) is 0 Å². The van der Waals surface area contributed by atoms with Crippen LogP contribution in [0.4, 0.5) is 5.69 Å². The fraction of sp³-hybridized carbons (Fsp3) is 0.438. The van der Waals surface area contributed by atoms with Crippen molar-refractivity contribution in [3.8, 4) is 0 Å². The molecule has 0 bridgehead atoms. The number of anilines is 1. The summed E-state index contributed by atoms with van der Waals surface area (Å²) < 4.78 is 59.9. The molecule has 1 aromatic heterocycles. The first-order chi connectivity index (χ1) is 12.2. The van der Waals surface area contributed by atoms with Crippen LogP contribution in [-0.2, 0) is 20.0 Å². The zero-order valence-electron chi connectivity index (χ0n) is 14.5. The molecular weight excluding hydrogens is 378 g/mol. The fourth-order valence-corrected chi connectivity index (χ4v) is 6.50. The highest BCUT2D eigenvalue weighted by molar-refractivity contribution is 7.93. The highest BCUT2D eigenvalue weighted by atomic mass is 32.2. The van der Waals surface area contributed by atoms with E-state index in [1.165, 1.54) is 11.2 Å². The molecule has 1 unspecified atom stereocenters. The molecule has 1 fully saturated rings. The monoisotopic (exact) mass is 399 g/mol. The van der Waals surface area contributed by atoms with Gasteiger partial charge in [-0.3, -0.25) is 4.72 Å². The van der Waals surface area contributed by atoms with Crippen LogP contribution in [0.1, 0.15) is 24.3 Å². The highest BCUT2D eigenvalue weighted by Gasteiger charge is 2.38. The average Bonchev–Trinajstić information content (AvgIpc) is 2.95. The molecule has 0 aliphatic carbocycles. The Morgan fingerprint density at radius 3 is 2.46 bits per heavy atom. The largest absolute Gasteiger partial charge is 0.360 e. The van der Waals surface area contributed by atoms with Gasteiger partial charge in [-0.05, 0) is 38.8 Å². The van der Waals surface area contributed by atoms with Crippen LogP contribution >= 0.6 is 0 Å². The maximum absolute atomic E-state index is 12.9. The Morgan fingerprint density at radius 2 is 1.85 bits per heavy atom. The van der Waals surface area contributed by atoms with Crippen molar-refractivity contribution in [2.75, 3.05) is 17.8 Å². The van der Waals surface area contributed by atoms with E-state index in [4.69, 9.17) is 4.52 Å². The van der Waals surface area contributed by atoms with Crippen LogP contribution in [0.15, 0.2) is 39.8 Å². The third-order valence-electron chi connectivity index (χ3n) is 4.38. The lowest BCUT2D eigenvalue weighted by Gasteiger charge is -2.31. The molecule has 1 aliphatic rings. The van der Waals surface area contributed by atoms with E-state index in [0.29, 0.717) is 18.5 Å². The molecule has 3 rings (SSSR count). The Labute approximate surface area is 153 Å². The summed E-state index contributed by atoms with van der Waals surface area (Å²) in [6.45, 7) is 3.25. The van der Waals surface area contributed by atoms with Crippen molar-refractivity contribution >= 4 is 25.7 Å². The smallest absolute Gasteiger partial charge is 0.248 e. The number of sulfonamides is 2. The van der Waals surface area contributed by atoms with Crippen LogP contribution in [0.5, 0.6) is 0 Å². The summed E-state index contributed by atoms with van der Waals surface area (Å²) in [7, 11) is -7.58. The molecule has 1 atom stereocenters. The predicted octanol–water partition coefficient (Wildman–Crippen LogP) is 1.89. The van der Waals surface area contributed by atoms with Crippen LogP contribution in [0.2, 0.25) is 0 Å². The van der Waals surface area contributed by atoms with Gasteiger partial charge in [0.15, 0.2) is 5.76 Å². The van der Waals surface area contributed by atoms with Gasteiger partial charge in [0.2, 0.25) is 20.0 Å². The number of hydrogen-bond donors (Lipinski definition) is 1. The lowest BCUT2D eigenvalue weighted by Crippen LogP contribution is -2.46. The zero-order chi connectivity index (χ0) is 18.9. The normalized spacial score (nSPS) is 19.4. The van der Waals surface area contributed by atoms with E-state index in [0.717, 1.165) is 0 Å². The molecular formula is C16H21N3O5S2. The van der Waals surface area contributed by atoms with Gasteiger partial charge in [0.25, 0.3) is 0 Å². The number of aryl methyl sites for hydroxylation is 2. The number of nitrogens with one attached hydrogen (secondary N) is 1. The summed E-state index contributed by atoms with van der Waals surface area (Å²) >= 11 is 0. The molecule has 1 aromatic carbocycles. The van der Waals surface area contributed by atoms with Gasteiger partial charge in [-0.1, -0.05) is 23.4 Å². The average molecular weight is 399 g/mol. The van der Waals surface area contributed by atoms with Crippen LogP contribution in [0.3, 0.4) is 0 Å². The Hall–Kier alpha value is -1.91. The summed E-state index contributed by atoms with van der Waals surface area (Å²) in [6.07, 6.45) is 0.860. The van der Waals surface area contributed by atoms with Gasteiger partial charge in [-0.15, -0.1) is 0 Å². The first-order valence-corrected chi connectivity index (χ1v) is 11.2. The molecule has 2 aromatic rings. The van der Waals surface area contributed by atoms with Crippen molar-refractivity contribution < 1.29 is 21.4 Å². The van der Waals surface area contributed by atoms with Gasteiger partial charge in [0, 0.05) is 18.8 Å². The summed E-state index contributed by atoms with van der Waals surface area (Å²) in [4.78, 5) is 0.0200. The van der Waals surface area contributed by atoms with E-state index in [1.807, 2.05) is 0 Å². The number of nitrogens with zero attached hydrogens (tertiary/aromatic N) is 2. The summed E-state index contributed by atoms with van der Waals surface area (Å²) in [6, 6.07) is 8.55. The molecule has 1 saturated heterocycles. The number of aromatic nitrogens is 1. The molecule has 10 heteroatoms. The topological polar surface area (TPSA) is 110 Å². The highest BCUT2D eigenvalue weighted by Crippen LogP contribution is 2.28. The molecule has 142 valence electrons. The Morgan fingerprint density at radius 1 is 1.15 bits per heavy atom. The van der Waals surface area contributed by atoms with Gasteiger partial charge in [-0.2, -0.15) is 4.31 Å². The molecule has 2 heterocycles. The van der Waals surface area contributed by atoms with Crippen molar-refractivity contribution in [1.82, 2.24) is 9.46 Å². The van der Waals surface area contributed by atoms with E-state index in [1.54, 1.807) is 37.3 Å². The molecule has 1 aliphatic heterocycles. The quantitative estimate of drug-likeness (QED) is 0.822. The van der Waals surface area contributed by atoms with Crippen LogP contribution < -0.4 is 4.72 Å². The van der Waals surface area contributed by atoms with Crippen LogP contribution in [-0.4, -0.2) is 44.6 Å². The van der Waals surface area contributed by atoms with Gasteiger partial charge >= 0.3 is 0 Å². The lowest BCUT2D eigenvalue weighted by atomic mass is 10.2. The summed E-state index contributed by atoms with van der Waals surface area (Å²) in [5, 5.41) is 2.86. The van der Waals surface area contributed by atoms with Crippen molar-refractivity contribution in [3.05, 3.63) is 41.8 Å². The van der Waals surface area contributed by atoms with Crippen molar-refractivity contribution in [3.63, 3.8) is 0 Å². The second-order valence-corrected chi connectivity index (χ2v) is 10.1. The lowest BCUT2D eigenvalue weighted by molar-refractivity contribution is 0.345. The number of rotatable bonds is 5. The minimum atomic E-state index is -3.86. The van der Waals surface area contributed by atoms with Gasteiger partial charge < -0.3 is 4.52 Å². The first kappa shape index (κ1) is 18.9. The second kappa shape index (κ2) is 7.01. The molecule has 26 heavy (non-hydrogen) atoms. The van der Waals surface area contributed by atoms with Crippen molar-refractivity contribution in [1.29, 1.82) is 0 Å². The molecule has 0 amide bonds. The Bertz CT molecular complexity index is 965. The molecule has 1 N–H and O–H groups in total. The first-order valence-electron chi connectivity index (χ1n) is 8.21. The second-order valence-electron chi connectivity index (χ2n) is 6.29. The Kier molecular flexibility index (Phi) is 5.09. The molecule has 8 nitrogen and oxygen atoms in total. The molecule has 0 saturated carbocycles. The fourth-order valence-electron chi connectivity index (χ4n) is 3.10. The maximum Gasteiger partial charge on any atom is 0.248 e. The standard InChI is InChI=1S/C16H21N3O5S2/c1-12-16(13(2)24-17-12)26(22,23)19-10-6-9-15(11-19)25(20,21)18-14-7-4-3-5-8-14/h3-5,7-8,15,18H,6,9-11H2,1-2H3. The number of hydrogen-bond acceptors (Lipinski definition) is 6. The minimum Gasteiger partial charge on any atom is -0.360 e. The summed E-state index contributed by atoms with van der Waals surface area (Å²) in [5.41, 5.74) is 0.730. The predicted molar refractivity (Wildman–Crippen MR) is 96.7 cm³/mol. The third-order valence-corrected chi connectivity index (χ3v) is 8.27. The minimum absolute atomic E-state index is 0.0200. The van der Waals surface area contributed by atoms with Crippen molar-refractivity contribution in [2.24, 2.45) is 0 Å². The van der Waals surface area contributed by atoms with Gasteiger partial charge in [0.1, 0.15) is 10.6 Å². The Balaban J connectivity index is 1.83. The number of para-hydroxylation sites is 1. The van der Waals surface area contributed by atoms with E-state index >= 15 is 0 Å². The van der Waals surface area contributed by atoms with Gasteiger partial charge in [-0.25, -0.2) is 16.8 Å². The summed E-state index contributed by atoms with van der Waals surface area (Å²) in [5.74, 6) is 0.204. The van der Waals surface area contributed by atoms with E-state index in [9.17, 15) is 16.8 Å².